The van der Waals surface area contributed by atoms with Crippen molar-refractivity contribution in [3.05, 3.63) is 30.1 Å². The predicted molar refractivity (Wildman–Crippen MR) is 111 cm³/mol. The molecule has 3 heterocycles. The standard InChI is InChI=1S/C22H25F2N3O4/c1-2-30-21(28)22(23,24)10-7-13-29-14-17-25-18-15-8-3-4-9-16(15)31-19(18)20(26-17)27-11-5-6-12-27/h3-4,8-9H,2,5-7,10-14H2,1H3. The summed E-state index contributed by atoms with van der Waals surface area (Å²) in [5.41, 5.74) is 2.12. The molecule has 0 unspecified atom stereocenters. The number of anilines is 1. The molecule has 2 aromatic heterocycles. The summed E-state index contributed by atoms with van der Waals surface area (Å²) in [6.45, 7) is 3.35. The maximum absolute atomic E-state index is 13.7. The molecule has 1 aliphatic rings. The SMILES string of the molecule is CCOC(=O)C(F)(F)CCCOCc1nc(N2CCCC2)c2oc3ccccc3c2n1. The molecule has 9 heteroatoms. The molecule has 1 aliphatic heterocycles. The number of halogens is 2. The van der Waals surface area contributed by atoms with Crippen molar-refractivity contribution in [3.63, 3.8) is 0 Å². The second-order valence-electron chi connectivity index (χ2n) is 7.51. The number of ether oxygens (including phenoxy) is 2. The van der Waals surface area contributed by atoms with E-state index in [2.05, 4.69) is 19.6 Å². The van der Waals surface area contributed by atoms with E-state index >= 15 is 0 Å². The Morgan fingerprint density at radius 2 is 2.00 bits per heavy atom. The minimum atomic E-state index is -3.51. The van der Waals surface area contributed by atoms with E-state index in [-0.39, 0.29) is 26.2 Å². The number of furan rings is 1. The van der Waals surface area contributed by atoms with Crippen molar-refractivity contribution in [2.24, 2.45) is 0 Å². The summed E-state index contributed by atoms with van der Waals surface area (Å²) in [5, 5.41) is 0.899. The molecule has 0 aliphatic carbocycles. The molecule has 166 valence electrons. The van der Waals surface area contributed by atoms with Crippen molar-refractivity contribution in [2.75, 3.05) is 31.2 Å². The number of carbonyl (C=O) groups is 1. The first-order chi connectivity index (χ1) is 15.0. The molecule has 3 aromatic rings. The summed E-state index contributed by atoms with van der Waals surface area (Å²) in [6.07, 6.45) is 1.57. The molecule has 0 spiro atoms. The van der Waals surface area contributed by atoms with Crippen LogP contribution in [0, 0.1) is 0 Å². The van der Waals surface area contributed by atoms with Crippen LogP contribution in [0.1, 0.15) is 38.4 Å². The van der Waals surface area contributed by atoms with Gasteiger partial charge in [0.25, 0.3) is 0 Å². The lowest BCUT2D eigenvalue weighted by atomic mass is 10.2. The third-order valence-corrected chi connectivity index (χ3v) is 5.24. The number of benzene rings is 1. The van der Waals surface area contributed by atoms with Gasteiger partial charge in [-0.25, -0.2) is 14.8 Å². The summed E-state index contributed by atoms with van der Waals surface area (Å²) in [7, 11) is 0. The van der Waals surface area contributed by atoms with E-state index in [1.54, 1.807) is 0 Å². The van der Waals surface area contributed by atoms with Gasteiger partial charge in [-0.1, -0.05) is 12.1 Å². The van der Waals surface area contributed by atoms with E-state index in [4.69, 9.17) is 9.15 Å². The zero-order valence-corrected chi connectivity index (χ0v) is 17.4. The largest absolute Gasteiger partial charge is 0.462 e. The Hall–Kier alpha value is -2.81. The number of aromatic nitrogens is 2. The summed E-state index contributed by atoms with van der Waals surface area (Å²) < 4.78 is 43.4. The second kappa shape index (κ2) is 9.13. The summed E-state index contributed by atoms with van der Waals surface area (Å²) >= 11 is 0. The molecule has 0 saturated carbocycles. The van der Waals surface area contributed by atoms with E-state index in [0.29, 0.717) is 11.4 Å². The Kier molecular flexibility index (Phi) is 6.31. The number of nitrogens with zero attached hydrogens (tertiary/aromatic N) is 3. The smallest absolute Gasteiger partial charge is 0.376 e. The molecule has 0 amide bonds. The van der Waals surface area contributed by atoms with Gasteiger partial charge in [0, 0.05) is 31.5 Å². The first-order valence-corrected chi connectivity index (χ1v) is 10.6. The second-order valence-corrected chi connectivity index (χ2v) is 7.51. The molecule has 0 atom stereocenters. The van der Waals surface area contributed by atoms with Crippen LogP contribution in [0.2, 0.25) is 0 Å². The van der Waals surface area contributed by atoms with Gasteiger partial charge in [-0.05, 0) is 38.3 Å². The zero-order chi connectivity index (χ0) is 21.8. The van der Waals surface area contributed by atoms with Gasteiger partial charge in [0.2, 0.25) is 0 Å². The lowest BCUT2D eigenvalue weighted by molar-refractivity contribution is -0.172. The monoisotopic (exact) mass is 433 g/mol. The van der Waals surface area contributed by atoms with Gasteiger partial charge >= 0.3 is 11.9 Å². The van der Waals surface area contributed by atoms with Gasteiger partial charge in [-0.2, -0.15) is 8.78 Å². The first-order valence-electron chi connectivity index (χ1n) is 10.6. The summed E-state index contributed by atoms with van der Waals surface area (Å²) in [4.78, 5) is 22.7. The number of para-hydroxylation sites is 1. The number of alkyl halides is 2. The topological polar surface area (TPSA) is 77.7 Å². The van der Waals surface area contributed by atoms with Crippen LogP contribution in [0.4, 0.5) is 14.6 Å². The number of rotatable bonds is 9. The molecule has 1 saturated heterocycles. The average Bonchev–Trinajstić information content (AvgIpc) is 3.41. The highest BCUT2D eigenvalue weighted by Gasteiger charge is 2.39. The van der Waals surface area contributed by atoms with Crippen molar-refractivity contribution >= 4 is 33.9 Å². The number of esters is 1. The highest BCUT2D eigenvalue weighted by molar-refractivity contribution is 6.05. The number of fused-ring (bicyclic) bond motifs is 3. The van der Waals surface area contributed by atoms with Crippen LogP contribution < -0.4 is 4.90 Å². The van der Waals surface area contributed by atoms with Crippen LogP contribution in [-0.2, 0) is 20.9 Å². The Morgan fingerprint density at radius 1 is 1.23 bits per heavy atom. The Labute approximate surface area is 178 Å². The lowest BCUT2D eigenvalue weighted by Crippen LogP contribution is -2.31. The number of carbonyl (C=O) groups excluding carboxylic acids is 1. The fourth-order valence-corrected chi connectivity index (χ4v) is 3.73. The van der Waals surface area contributed by atoms with E-state index in [1.165, 1.54) is 6.92 Å². The normalized spacial score (nSPS) is 14.6. The molecular weight excluding hydrogens is 408 g/mol. The molecule has 0 radical (unpaired) electrons. The van der Waals surface area contributed by atoms with Gasteiger partial charge in [0.15, 0.2) is 17.2 Å². The summed E-state index contributed by atoms with van der Waals surface area (Å²) in [5.74, 6) is -3.79. The number of hydrogen-bond acceptors (Lipinski definition) is 7. The third-order valence-electron chi connectivity index (χ3n) is 5.24. The van der Waals surface area contributed by atoms with Crippen molar-refractivity contribution in [2.45, 2.75) is 45.1 Å². The first kappa shape index (κ1) is 21.4. The zero-order valence-electron chi connectivity index (χ0n) is 17.4. The fraction of sp³-hybridized carbons (Fsp3) is 0.500. The van der Waals surface area contributed by atoms with Crippen LogP contribution in [0.3, 0.4) is 0 Å². The van der Waals surface area contributed by atoms with Crippen LogP contribution in [0.5, 0.6) is 0 Å². The minimum absolute atomic E-state index is 0.0156. The van der Waals surface area contributed by atoms with Crippen LogP contribution in [-0.4, -0.2) is 48.2 Å². The highest BCUT2D eigenvalue weighted by Crippen LogP contribution is 2.34. The summed E-state index contributed by atoms with van der Waals surface area (Å²) in [6, 6.07) is 7.67. The number of hydrogen-bond donors (Lipinski definition) is 0. The lowest BCUT2D eigenvalue weighted by Gasteiger charge is -2.17. The van der Waals surface area contributed by atoms with Gasteiger partial charge in [0.05, 0.1) is 6.61 Å². The van der Waals surface area contributed by atoms with Crippen molar-refractivity contribution in [1.82, 2.24) is 9.97 Å². The van der Waals surface area contributed by atoms with Crippen molar-refractivity contribution < 1.29 is 27.5 Å². The van der Waals surface area contributed by atoms with Gasteiger partial charge < -0.3 is 18.8 Å². The Morgan fingerprint density at radius 3 is 2.77 bits per heavy atom. The molecule has 1 aromatic carbocycles. The van der Waals surface area contributed by atoms with E-state index in [0.717, 1.165) is 48.2 Å². The van der Waals surface area contributed by atoms with Crippen LogP contribution in [0.15, 0.2) is 28.7 Å². The third kappa shape index (κ3) is 4.61. The molecule has 0 N–H and O–H groups in total. The Bertz CT molecular complexity index is 1060. The predicted octanol–water partition coefficient (Wildman–Crippen LogP) is 4.47. The quantitative estimate of drug-likeness (QED) is 0.364. The Balaban J connectivity index is 1.46. The van der Waals surface area contributed by atoms with E-state index in [1.807, 2.05) is 24.3 Å². The highest BCUT2D eigenvalue weighted by atomic mass is 19.3. The molecule has 1 fully saturated rings. The van der Waals surface area contributed by atoms with Crippen molar-refractivity contribution in [3.8, 4) is 0 Å². The van der Waals surface area contributed by atoms with Gasteiger partial charge in [-0.3, -0.25) is 0 Å². The molecule has 31 heavy (non-hydrogen) atoms. The maximum Gasteiger partial charge on any atom is 0.376 e. The van der Waals surface area contributed by atoms with Crippen LogP contribution >= 0.6 is 0 Å². The molecule has 7 nitrogen and oxygen atoms in total. The molecule has 0 bridgehead atoms. The fourth-order valence-electron chi connectivity index (χ4n) is 3.73. The van der Waals surface area contributed by atoms with Gasteiger partial charge in [-0.15, -0.1) is 0 Å². The van der Waals surface area contributed by atoms with Gasteiger partial charge in [0.1, 0.15) is 17.7 Å². The van der Waals surface area contributed by atoms with Crippen molar-refractivity contribution in [1.29, 1.82) is 0 Å². The van der Waals surface area contributed by atoms with E-state index < -0.39 is 18.3 Å². The minimum Gasteiger partial charge on any atom is -0.462 e. The van der Waals surface area contributed by atoms with E-state index in [9.17, 15) is 13.6 Å². The maximum atomic E-state index is 13.7. The van der Waals surface area contributed by atoms with Crippen LogP contribution in [0.25, 0.3) is 22.1 Å². The molecular formula is C22H25F2N3O4. The molecule has 4 rings (SSSR count). The average molecular weight is 433 g/mol.